The Hall–Kier alpha value is -3.12. The van der Waals surface area contributed by atoms with E-state index in [1.165, 1.54) is 5.56 Å². The third-order valence-electron chi connectivity index (χ3n) is 5.96. The van der Waals surface area contributed by atoms with E-state index in [9.17, 15) is 4.79 Å². The molecule has 3 aromatic rings. The number of amides is 1. The summed E-state index contributed by atoms with van der Waals surface area (Å²) in [7, 11) is 3.60. The van der Waals surface area contributed by atoms with Crippen LogP contribution in [0.1, 0.15) is 24.1 Å². The van der Waals surface area contributed by atoms with Crippen LogP contribution in [0.5, 0.6) is 5.75 Å². The first-order chi connectivity index (χ1) is 14.6. The Labute approximate surface area is 177 Å². The number of anilines is 1. The molecule has 0 spiro atoms. The van der Waals surface area contributed by atoms with Gasteiger partial charge in [-0.1, -0.05) is 30.3 Å². The molecule has 30 heavy (non-hydrogen) atoms. The fourth-order valence-electron chi connectivity index (χ4n) is 4.06. The van der Waals surface area contributed by atoms with Crippen molar-refractivity contribution in [3.05, 3.63) is 66.0 Å². The lowest BCUT2D eigenvalue weighted by atomic mass is 10.0. The molecule has 1 aliphatic heterocycles. The van der Waals surface area contributed by atoms with Crippen molar-refractivity contribution in [2.75, 3.05) is 19.0 Å². The molecule has 0 radical (unpaired) electrons. The van der Waals surface area contributed by atoms with E-state index in [1.54, 1.807) is 7.11 Å². The van der Waals surface area contributed by atoms with Gasteiger partial charge in [-0.05, 0) is 50.1 Å². The second kappa shape index (κ2) is 8.71. The molecule has 1 N–H and O–H groups in total. The number of carbonyl (C=O) groups excluding carboxylic acids is 1. The van der Waals surface area contributed by atoms with Crippen LogP contribution < -0.4 is 10.1 Å². The molecule has 6 nitrogen and oxygen atoms in total. The van der Waals surface area contributed by atoms with Crippen molar-refractivity contribution >= 4 is 11.6 Å². The minimum absolute atomic E-state index is 0.0509. The van der Waals surface area contributed by atoms with Crippen LogP contribution in [0, 0.1) is 6.92 Å². The fraction of sp³-hybridized carbons (Fsp3) is 0.333. The van der Waals surface area contributed by atoms with Crippen molar-refractivity contribution in [3.63, 3.8) is 0 Å². The average Bonchev–Trinajstić information content (AvgIpc) is 3.36. The molecule has 156 valence electrons. The van der Waals surface area contributed by atoms with Gasteiger partial charge in [-0.15, -0.1) is 0 Å². The molecule has 2 heterocycles. The normalized spacial score (nSPS) is 16.6. The van der Waals surface area contributed by atoms with Crippen LogP contribution in [0.3, 0.4) is 0 Å². The lowest BCUT2D eigenvalue weighted by Crippen LogP contribution is -2.39. The zero-order valence-corrected chi connectivity index (χ0v) is 17.8. The first kappa shape index (κ1) is 20.2. The maximum absolute atomic E-state index is 13.2. The van der Waals surface area contributed by atoms with Gasteiger partial charge in [-0.2, -0.15) is 5.10 Å². The highest BCUT2D eigenvalue weighted by molar-refractivity contribution is 5.98. The molecule has 0 saturated carbocycles. The number of hydrogen-bond acceptors (Lipinski definition) is 4. The van der Waals surface area contributed by atoms with Gasteiger partial charge in [-0.3, -0.25) is 14.4 Å². The smallest absolute Gasteiger partial charge is 0.241 e. The highest BCUT2D eigenvalue weighted by Crippen LogP contribution is 2.30. The van der Waals surface area contributed by atoms with Crippen LogP contribution in [0.15, 0.2) is 54.7 Å². The average molecular weight is 405 g/mol. The molecule has 1 aliphatic rings. The molecule has 1 saturated heterocycles. The van der Waals surface area contributed by atoms with Gasteiger partial charge in [0.05, 0.1) is 19.3 Å². The van der Waals surface area contributed by atoms with Crippen LogP contribution in [0.25, 0.3) is 11.1 Å². The van der Waals surface area contributed by atoms with Crippen molar-refractivity contribution in [3.8, 4) is 16.9 Å². The summed E-state index contributed by atoms with van der Waals surface area (Å²) in [5, 5.41) is 7.52. The summed E-state index contributed by atoms with van der Waals surface area (Å²) in [6.45, 7) is 3.74. The van der Waals surface area contributed by atoms with Crippen LogP contribution >= 0.6 is 0 Å². The van der Waals surface area contributed by atoms with Crippen LogP contribution in [-0.2, 0) is 18.4 Å². The van der Waals surface area contributed by atoms with E-state index in [1.807, 2.05) is 66.5 Å². The Kier molecular flexibility index (Phi) is 5.86. The van der Waals surface area contributed by atoms with Gasteiger partial charge in [0.15, 0.2) is 0 Å². The summed E-state index contributed by atoms with van der Waals surface area (Å²) in [5.41, 5.74) is 5.20. The number of nitrogens with zero attached hydrogens (tertiary/aromatic N) is 3. The third kappa shape index (κ3) is 4.09. The molecule has 0 aliphatic carbocycles. The van der Waals surface area contributed by atoms with Gasteiger partial charge in [0, 0.05) is 36.1 Å². The quantitative estimate of drug-likeness (QED) is 0.674. The van der Waals surface area contributed by atoms with Crippen molar-refractivity contribution < 1.29 is 9.53 Å². The lowest BCUT2D eigenvalue weighted by molar-refractivity contribution is -0.120. The fourth-order valence-corrected chi connectivity index (χ4v) is 4.06. The SMILES string of the molecule is COc1ccc(-c2ccccc2NC(=O)[C@H]2CCCN2Cc2cnn(C)c2C)cc1. The molecular formula is C24H28N4O2. The molecule has 1 fully saturated rings. The number of likely N-dealkylation sites (tertiary alicyclic amines) is 1. The molecule has 0 unspecified atom stereocenters. The number of aryl methyl sites for hydroxylation is 1. The van der Waals surface area contributed by atoms with E-state index in [0.717, 1.165) is 54.2 Å². The Morgan fingerprint density at radius 1 is 1.20 bits per heavy atom. The minimum Gasteiger partial charge on any atom is -0.497 e. The van der Waals surface area contributed by atoms with E-state index in [0.29, 0.717) is 0 Å². The second-order valence-electron chi connectivity index (χ2n) is 7.77. The number of aromatic nitrogens is 2. The molecule has 1 atom stereocenters. The number of benzene rings is 2. The monoisotopic (exact) mass is 404 g/mol. The number of hydrogen-bond donors (Lipinski definition) is 1. The minimum atomic E-state index is -0.131. The van der Waals surface area contributed by atoms with Gasteiger partial charge in [0.1, 0.15) is 5.75 Å². The number of para-hydroxylation sites is 1. The second-order valence-corrected chi connectivity index (χ2v) is 7.77. The van der Waals surface area contributed by atoms with Gasteiger partial charge < -0.3 is 10.1 Å². The van der Waals surface area contributed by atoms with E-state index in [2.05, 4.69) is 22.2 Å². The number of ether oxygens (including phenoxy) is 1. The van der Waals surface area contributed by atoms with Gasteiger partial charge >= 0.3 is 0 Å². The largest absolute Gasteiger partial charge is 0.497 e. The summed E-state index contributed by atoms with van der Waals surface area (Å²) in [5.74, 6) is 0.863. The first-order valence-electron chi connectivity index (χ1n) is 10.3. The Balaban J connectivity index is 1.51. The van der Waals surface area contributed by atoms with Crippen LogP contribution in [-0.4, -0.2) is 40.3 Å². The van der Waals surface area contributed by atoms with E-state index < -0.39 is 0 Å². The molecule has 0 bridgehead atoms. The first-order valence-corrected chi connectivity index (χ1v) is 10.3. The zero-order chi connectivity index (χ0) is 21.1. The highest BCUT2D eigenvalue weighted by Gasteiger charge is 2.31. The zero-order valence-electron chi connectivity index (χ0n) is 17.8. The third-order valence-corrected chi connectivity index (χ3v) is 5.96. The van der Waals surface area contributed by atoms with Crippen LogP contribution in [0.2, 0.25) is 0 Å². The standard InChI is InChI=1S/C24H28N4O2/c1-17-19(15-25-27(17)2)16-28-14-6-9-23(28)24(29)26-22-8-5-4-7-21(22)18-10-12-20(30-3)13-11-18/h4-5,7-8,10-13,15,23H,6,9,14,16H2,1-3H3,(H,26,29)/t23-/m1/s1. The lowest BCUT2D eigenvalue weighted by Gasteiger charge is -2.24. The molecule has 2 aromatic carbocycles. The summed E-state index contributed by atoms with van der Waals surface area (Å²) in [6.07, 6.45) is 3.80. The maximum atomic E-state index is 13.2. The van der Waals surface area contributed by atoms with Gasteiger partial charge in [-0.25, -0.2) is 0 Å². The predicted molar refractivity (Wildman–Crippen MR) is 118 cm³/mol. The maximum Gasteiger partial charge on any atom is 0.241 e. The van der Waals surface area contributed by atoms with Crippen molar-refractivity contribution in [1.82, 2.24) is 14.7 Å². The molecular weight excluding hydrogens is 376 g/mol. The number of nitrogens with one attached hydrogen (secondary N) is 1. The molecule has 1 amide bonds. The Bertz CT molecular complexity index is 1030. The van der Waals surface area contributed by atoms with Gasteiger partial charge in [0.25, 0.3) is 0 Å². The summed E-state index contributed by atoms with van der Waals surface area (Å²) < 4.78 is 7.14. The van der Waals surface area contributed by atoms with E-state index in [-0.39, 0.29) is 11.9 Å². The predicted octanol–water partition coefficient (Wildman–Crippen LogP) is 4.01. The highest BCUT2D eigenvalue weighted by atomic mass is 16.5. The van der Waals surface area contributed by atoms with Crippen molar-refractivity contribution in [1.29, 1.82) is 0 Å². The Morgan fingerprint density at radius 3 is 2.67 bits per heavy atom. The Morgan fingerprint density at radius 2 is 1.97 bits per heavy atom. The van der Waals surface area contributed by atoms with E-state index in [4.69, 9.17) is 4.74 Å². The molecule has 6 heteroatoms. The summed E-state index contributed by atoms with van der Waals surface area (Å²) >= 11 is 0. The van der Waals surface area contributed by atoms with Crippen LogP contribution in [0.4, 0.5) is 5.69 Å². The number of rotatable bonds is 6. The van der Waals surface area contributed by atoms with Crippen molar-refractivity contribution in [2.45, 2.75) is 32.4 Å². The molecule has 4 rings (SSSR count). The van der Waals surface area contributed by atoms with Crippen molar-refractivity contribution in [2.24, 2.45) is 7.05 Å². The van der Waals surface area contributed by atoms with Gasteiger partial charge in [0.2, 0.25) is 5.91 Å². The number of carbonyl (C=O) groups is 1. The summed E-state index contributed by atoms with van der Waals surface area (Å²) in [4.78, 5) is 15.5. The summed E-state index contributed by atoms with van der Waals surface area (Å²) in [6, 6.07) is 15.7. The van der Waals surface area contributed by atoms with E-state index >= 15 is 0 Å². The topological polar surface area (TPSA) is 59.4 Å². The molecule has 1 aromatic heterocycles. The number of methoxy groups -OCH3 is 1.